The van der Waals surface area contributed by atoms with Crippen LogP contribution in [0.15, 0.2) is 114 Å². The first-order valence-electron chi connectivity index (χ1n) is 9.22. The van der Waals surface area contributed by atoms with Gasteiger partial charge in [-0.2, -0.15) is 0 Å². The van der Waals surface area contributed by atoms with E-state index in [0.29, 0.717) is 0 Å². The van der Waals surface area contributed by atoms with E-state index in [9.17, 15) is 0 Å². The summed E-state index contributed by atoms with van der Waals surface area (Å²) in [5, 5.41) is 4.20. The van der Waals surface area contributed by atoms with E-state index in [4.69, 9.17) is 12.6 Å². The zero-order chi connectivity index (χ0) is 19.4. The highest BCUT2D eigenvalue weighted by Gasteiger charge is 2.45. The maximum atomic E-state index is 4.83. The third-order valence-corrected chi connectivity index (χ3v) is 10.5. The van der Waals surface area contributed by atoms with Crippen LogP contribution in [-0.4, -0.2) is 0 Å². The van der Waals surface area contributed by atoms with E-state index in [1.165, 1.54) is 25.0 Å². The topological polar surface area (TPSA) is 0 Å². The van der Waals surface area contributed by atoms with Gasteiger partial charge in [0, 0.05) is 14.0 Å². The standard InChI is InChI=1S/C25H20IPS.BrH/c26-21-17-16-20(25(28)18-21)19-27(22-10-4-1-5-11-22,23-12-6-2-7-13-23)24-14-8-3-9-15-24;/h1-18H,19H2;1H. The Balaban J connectivity index is 0.00000240. The first-order chi connectivity index (χ1) is 13.7. The Morgan fingerprint density at radius 1 is 0.621 bits per heavy atom. The normalized spacial score (nSPS) is 11.0. The summed E-state index contributed by atoms with van der Waals surface area (Å²) in [4.78, 5) is 1.07. The molecule has 0 heterocycles. The highest BCUT2D eigenvalue weighted by atomic mass is 127. The summed E-state index contributed by atoms with van der Waals surface area (Å²) in [7, 11) is -1.87. The van der Waals surface area contributed by atoms with Gasteiger partial charge in [0.05, 0.1) is 6.16 Å². The van der Waals surface area contributed by atoms with Crippen molar-refractivity contribution in [2.45, 2.75) is 11.1 Å². The zero-order valence-electron chi connectivity index (χ0n) is 15.7. The van der Waals surface area contributed by atoms with Gasteiger partial charge in [0.2, 0.25) is 0 Å². The van der Waals surface area contributed by atoms with Crippen LogP contribution in [0.1, 0.15) is 5.56 Å². The van der Waals surface area contributed by atoms with Crippen molar-refractivity contribution in [3.63, 3.8) is 0 Å². The van der Waals surface area contributed by atoms with Crippen LogP contribution in [0.5, 0.6) is 0 Å². The molecule has 0 aromatic heterocycles. The van der Waals surface area contributed by atoms with Crippen molar-refractivity contribution in [2.24, 2.45) is 0 Å². The number of benzene rings is 4. The molecule has 0 nitrogen and oxygen atoms in total. The van der Waals surface area contributed by atoms with Crippen LogP contribution in [0.2, 0.25) is 0 Å². The molecule has 0 fully saturated rings. The number of halogens is 2. The van der Waals surface area contributed by atoms with Gasteiger partial charge in [-0.3, -0.25) is 0 Å². The van der Waals surface area contributed by atoms with E-state index < -0.39 is 7.26 Å². The molecular weight excluding hydrogens is 570 g/mol. The summed E-state index contributed by atoms with van der Waals surface area (Å²) in [6, 6.07) is 39.6. The lowest BCUT2D eigenvalue weighted by molar-refractivity contribution is -0.00000520. The quantitative estimate of drug-likeness (QED) is 0.206. The lowest BCUT2D eigenvalue weighted by Crippen LogP contribution is -3.00. The van der Waals surface area contributed by atoms with E-state index in [1.54, 1.807) is 0 Å². The van der Waals surface area contributed by atoms with Gasteiger partial charge in [-0.1, -0.05) is 60.7 Å². The van der Waals surface area contributed by atoms with Crippen LogP contribution in [0, 0.1) is 3.57 Å². The number of hydrogen-bond acceptors (Lipinski definition) is 1. The van der Waals surface area contributed by atoms with Crippen LogP contribution < -0.4 is 32.9 Å². The number of thiol groups is 1. The average molecular weight is 591 g/mol. The third-order valence-electron chi connectivity index (χ3n) is 5.05. The maximum Gasteiger partial charge on any atom is 0.116 e. The minimum Gasteiger partial charge on any atom is -1.00 e. The molecule has 0 unspecified atom stereocenters. The highest BCUT2D eigenvalue weighted by Crippen LogP contribution is 2.58. The minimum absolute atomic E-state index is 0. The Morgan fingerprint density at radius 2 is 1.03 bits per heavy atom. The van der Waals surface area contributed by atoms with Gasteiger partial charge in [-0.15, -0.1) is 12.6 Å². The molecule has 0 saturated carbocycles. The molecule has 0 N–H and O–H groups in total. The Kier molecular flexibility index (Phi) is 7.98. The Morgan fingerprint density at radius 3 is 1.41 bits per heavy atom. The average Bonchev–Trinajstić information content (AvgIpc) is 2.75. The van der Waals surface area contributed by atoms with Gasteiger partial charge in [0.15, 0.2) is 0 Å². The second kappa shape index (κ2) is 10.3. The van der Waals surface area contributed by atoms with Crippen molar-refractivity contribution in [1.82, 2.24) is 0 Å². The molecule has 146 valence electrons. The van der Waals surface area contributed by atoms with Gasteiger partial charge < -0.3 is 17.0 Å². The van der Waals surface area contributed by atoms with Crippen LogP contribution in [0.4, 0.5) is 0 Å². The second-order valence-electron chi connectivity index (χ2n) is 6.75. The van der Waals surface area contributed by atoms with Crippen LogP contribution in [0.3, 0.4) is 0 Å². The molecule has 0 radical (unpaired) electrons. The second-order valence-corrected chi connectivity index (χ2v) is 12.0. The smallest absolute Gasteiger partial charge is 0.116 e. The van der Waals surface area contributed by atoms with Crippen molar-refractivity contribution in [2.75, 3.05) is 0 Å². The summed E-state index contributed by atoms with van der Waals surface area (Å²) >= 11 is 7.18. The fourth-order valence-corrected chi connectivity index (χ4v) is 9.12. The fourth-order valence-electron chi connectivity index (χ4n) is 3.69. The zero-order valence-corrected chi connectivity index (χ0v) is 21.3. The molecule has 29 heavy (non-hydrogen) atoms. The summed E-state index contributed by atoms with van der Waals surface area (Å²) in [5.41, 5.74) is 1.30. The third kappa shape index (κ3) is 4.80. The van der Waals surface area contributed by atoms with Crippen LogP contribution in [-0.2, 0) is 6.16 Å². The molecule has 4 aromatic carbocycles. The lowest BCUT2D eigenvalue weighted by atomic mass is 10.2. The largest absolute Gasteiger partial charge is 1.00 e. The van der Waals surface area contributed by atoms with E-state index in [0.717, 1.165) is 11.1 Å². The highest BCUT2D eigenvalue weighted by molar-refractivity contribution is 14.1. The molecule has 0 aliphatic heterocycles. The Labute approximate surface area is 203 Å². The first-order valence-corrected chi connectivity index (χ1v) is 12.7. The molecule has 0 bridgehead atoms. The predicted molar refractivity (Wildman–Crippen MR) is 135 cm³/mol. The first kappa shape index (κ1) is 22.6. The molecule has 0 spiro atoms. The van der Waals surface area contributed by atoms with Crippen LogP contribution >= 0.6 is 42.5 Å². The monoisotopic (exact) mass is 590 g/mol. The minimum atomic E-state index is -1.87. The molecule has 4 rings (SSSR count). The van der Waals surface area contributed by atoms with Crippen LogP contribution in [0.25, 0.3) is 0 Å². The van der Waals surface area contributed by atoms with Gasteiger partial charge in [-0.25, -0.2) is 0 Å². The molecular formula is C25H21BrIPS. The lowest BCUT2D eigenvalue weighted by Gasteiger charge is -2.28. The Hall–Kier alpha value is -1.13. The van der Waals surface area contributed by atoms with Crippen molar-refractivity contribution < 1.29 is 17.0 Å². The SMILES string of the molecule is Sc1cc(I)ccc1C[P+](c1ccccc1)(c1ccccc1)c1ccccc1.[Br-]. The number of rotatable bonds is 5. The van der Waals surface area contributed by atoms with E-state index in [1.807, 2.05) is 0 Å². The Bertz CT molecular complexity index is 959. The van der Waals surface area contributed by atoms with Gasteiger partial charge in [-0.05, 0) is 71.1 Å². The van der Waals surface area contributed by atoms with Crippen molar-refractivity contribution in [1.29, 1.82) is 0 Å². The van der Waals surface area contributed by atoms with Gasteiger partial charge in [0.1, 0.15) is 23.2 Å². The molecule has 0 saturated heterocycles. The summed E-state index contributed by atoms with van der Waals surface area (Å²) in [5.74, 6) is 0. The molecule has 4 aromatic rings. The maximum absolute atomic E-state index is 4.83. The summed E-state index contributed by atoms with van der Waals surface area (Å²) in [6.07, 6.45) is 0.959. The summed E-state index contributed by atoms with van der Waals surface area (Å²) in [6.45, 7) is 0. The van der Waals surface area contributed by atoms with Crippen molar-refractivity contribution in [3.05, 3.63) is 118 Å². The van der Waals surface area contributed by atoms with E-state index in [-0.39, 0.29) is 17.0 Å². The summed E-state index contributed by atoms with van der Waals surface area (Å²) < 4.78 is 1.22. The van der Waals surface area contributed by atoms with E-state index in [2.05, 4.69) is 132 Å². The molecule has 0 amide bonds. The number of hydrogen-bond donors (Lipinski definition) is 1. The van der Waals surface area contributed by atoms with Crippen molar-refractivity contribution in [3.8, 4) is 0 Å². The fraction of sp³-hybridized carbons (Fsp3) is 0.0400. The van der Waals surface area contributed by atoms with Gasteiger partial charge >= 0.3 is 0 Å². The predicted octanol–water partition coefficient (Wildman–Crippen LogP) is 3.08. The van der Waals surface area contributed by atoms with E-state index >= 15 is 0 Å². The molecule has 0 aliphatic rings. The van der Waals surface area contributed by atoms with Crippen molar-refractivity contribution >= 4 is 58.4 Å². The molecule has 0 aliphatic carbocycles. The molecule has 0 atom stereocenters. The van der Waals surface area contributed by atoms with Gasteiger partial charge in [0.25, 0.3) is 0 Å². The molecule has 4 heteroatoms.